The first-order chi connectivity index (χ1) is 8.89. The molecule has 0 unspecified atom stereocenters. The van der Waals surface area contributed by atoms with Gasteiger partial charge in [-0.15, -0.1) is 11.8 Å². The summed E-state index contributed by atoms with van der Waals surface area (Å²) in [6.07, 6.45) is 1.85. The van der Waals surface area contributed by atoms with Gasteiger partial charge in [0.15, 0.2) is 0 Å². The van der Waals surface area contributed by atoms with Gasteiger partial charge in [-0.2, -0.15) is 0 Å². The minimum Gasteiger partial charge on any atom is -0.399 e. The van der Waals surface area contributed by atoms with Crippen LogP contribution in [0.4, 0.5) is 5.69 Å². The molecule has 0 aliphatic rings. The second kappa shape index (κ2) is 7.57. The highest BCUT2D eigenvalue weighted by Crippen LogP contribution is 2.19. The summed E-state index contributed by atoms with van der Waals surface area (Å²) in [5.74, 6) is 0.632. The fourth-order valence-electron chi connectivity index (χ4n) is 1.28. The molecule has 0 aliphatic carbocycles. The number of sulfonamides is 1. The van der Waals surface area contributed by atoms with Crippen LogP contribution in [0.15, 0.2) is 40.8 Å². The largest absolute Gasteiger partial charge is 0.399 e. The van der Waals surface area contributed by atoms with Gasteiger partial charge in [0.05, 0.1) is 5.75 Å². The molecule has 0 saturated carbocycles. The van der Waals surface area contributed by atoms with Crippen molar-refractivity contribution in [1.29, 1.82) is 0 Å². The van der Waals surface area contributed by atoms with Crippen LogP contribution in [0.3, 0.4) is 0 Å². The summed E-state index contributed by atoms with van der Waals surface area (Å²) < 4.78 is 25.9. The van der Waals surface area contributed by atoms with Gasteiger partial charge < -0.3 is 5.73 Å². The van der Waals surface area contributed by atoms with Gasteiger partial charge in [0.1, 0.15) is 0 Å². The van der Waals surface area contributed by atoms with Gasteiger partial charge in [-0.3, -0.25) is 0 Å². The van der Waals surface area contributed by atoms with Crippen molar-refractivity contribution in [2.45, 2.75) is 18.7 Å². The molecule has 0 fully saturated rings. The lowest BCUT2D eigenvalue weighted by molar-refractivity contribution is 0.587. The Morgan fingerprint density at radius 3 is 2.53 bits per heavy atom. The van der Waals surface area contributed by atoms with E-state index < -0.39 is 10.0 Å². The normalized spacial score (nSPS) is 11.3. The number of hydrogen-bond acceptors (Lipinski definition) is 4. The van der Waals surface area contributed by atoms with Crippen LogP contribution in [0.1, 0.15) is 13.8 Å². The molecule has 0 radical (unpaired) electrons. The van der Waals surface area contributed by atoms with Crippen LogP contribution in [0.2, 0.25) is 0 Å². The van der Waals surface area contributed by atoms with Gasteiger partial charge in [0.25, 0.3) is 0 Å². The van der Waals surface area contributed by atoms with E-state index in [1.54, 1.807) is 0 Å². The summed E-state index contributed by atoms with van der Waals surface area (Å²) in [6, 6.07) is 7.40. The monoisotopic (exact) mass is 300 g/mol. The Bertz CT molecular complexity index is 518. The van der Waals surface area contributed by atoms with Crippen LogP contribution in [0.5, 0.6) is 0 Å². The smallest absolute Gasteiger partial charge is 0.212 e. The van der Waals surface area contributed by atoms with Crippen LogP contribution in [0.25, 0.3) is 0 Å². The van der Waals surface area contributed by atoms with Gasteiger partial charge in [0.2, 0.25) is 10.0 Å². The minimum atomic E-state index is -3.20. The van der Waals surface area contributed by atoms with Crippen molar-refractivity contribution in [2.24, 2.45) is 0 Å². The number of anilines is 1. The highest BCUT2D eigenvalue weighted by molar-refractivity contribution is 8.00. The molecule has 0 aliphatic heterocycles. The first-order valence-corrected chi connectivity index (χ1v) is 8.62. The van der Waals surface area contributed by atoms with Crippen molar-refractivity contribution < 1.29 is 8.42 Å². The van der Waals surface area contributed by atoms with Gasteiger partial charge in [-0.1, -0.05) is 11.6 Å². The fraction of sp³-hybridized carbons (Fsp3) is 0.385. The van der Waals surface area contributed by atoms with E-state index in [-0.39, 0.29) is 5.75 Å². The highest BCUT2D eigenvalue weighted by atomic mass is 32.2. The molecule has 0 atom stereocenters. The molecule has 0 spiro atoms. The number of allylic oxidation sites excluding steroid dienone is 1. The molecule has 0 amide bonds. The Morgan fingerprint density at radius 2 is 1.95 bits per heavy atom. The van der Waals surface area contributed by atoms with Gasteiger partial charge in [0, 0.05) is 22.9 Å². The maximum atomic E-state index is 11.7. The quantitative estimate of drug-likeness (QED) is 0.460. The summed E-state index contributed by atoms with van der Waals surface area (Å²) in [6.45, 7) is 4.23. The number of benzene rings is 1. The lowest BCUT2D eigenvalue weighted by atomic mass is 10.3. The number of nitrogens with one attached hydrogen (secondary N) is 1. The Labute approximate surface area is 119 Å². The molecule has 0 saturated heterocycles. The van der Waals surface area contributed by atoms with Crippen molar-refractivity contribution in [3.05, 3.63) is 35.9 Å². The zero-order valence-electron chi connectivity index (χ0n) is 11.2. The molecular formula is C13H20N2O2S2. The maximum absolute atomic E-state index is 11.7. The molecule has 3 N–H and O–H groups in total. The molecule has 19 heavy (non-hydrogen) atoms. The number of hydrogen-bond donors (Lipinski definition) is 2. The van der Waals surface area contributed by atoms with E-state index in [1.807, 2.05) is 44.2 Å². The average molecular weight is 300 g/mol. The highest BCUT2D eigenvalue weighted by Gasteiger charge is 2.08. The molecule has 0 aromatic heterocycles. The molecule has 1 aromatic rings. The standard InChI is InChI=1S/C13H20N2O2S2/c1-11(2)7-8-15-19(16,17)10-9-18-13-5-3-12(14)4-6-13/h3-7,15H,8-10,14H2,1-2H3. The summed E-state index contributed by atoms with van der Waals surface area (Å²) in [7, 11) is -3.20. The molecule has 1 aromatic carbocycles. The third-order valence-corrected chi connectivity index (χ3v) is 4.93. The van der Waals surface area contributed by atoms with E-state index in [2.05, 4.69) is 4.72 Å². The van der Waals surface area contributed by atoms with Crippen molar-refractivity contribution in [3.8, 4) is 0 Å². The molecule has 0 heterocycles. The van der Waals surface area contributed by atoms with E-state index >= 15 is 0 Å². The van der Waals surface area contributed by atoms with Crippen LogP contribution in [-0.2, 0) is 10.0 Å². The first-order valence-electron chi connectivity index (χ1n) is 5.98. The van der Waals surface area contributed by atoms with E-state index in [1.165, 1.54) is 11.8 Å². The Hall–Kier alpha value is -0.980. The van der Waals surface area contributed by atoms with Gasteiger partial charge >= 0.3 is 0 Å². The molecule has 1 rings (SSSR count). The molecular weight excluding hydrogens is 280 g/mol. The lowest BCUT2D eigenvalue weighted by Gasteiger charge is -2.05. The third kappa shape index (κ3) is 7.25. The summed E-state index contributed by atoms with van der Waals surface area (Å²) in [5, 5.41) is 0. The maximum Gasteiger partial charge on any atom is 0.212 e. The Kier molecular flexibility index (Phi) is 6.41. The number of nitrogens with two attached hydrogens (primary N) is 1. The third-order valence-electron chi connectivity index (χ3n) is 2.31. The first kappa shape index (κ1) is 16.1. The molecule has 106 valence electrons. The van der Waals surface area contributed by atoms with Crippen molar-refractivity contribution in [1.82, 2.24) is 4.72 Å². The second-order valence-corrected chi connectivity index (χ2v) is 7.46. The predicted molar refractivity (Wildman–Crippen MR) is 82.8 cm³/mol. The Morgan fingerprint density at radius 1 is 1.32 bits per heavy atom. The second-order valence-electron chi connectivity index (χ2n) is 4.37. The minimum absolute atomic E-state index is 0.110. The van der Waals surface area contributed by atoms with Crippen molar-refractivity contribution in [3.63, 3.8) is 0 Å². The van der Waals surface area contributed by atoms with E-state index in [0.29, 0.717) is 18.0 Å². The van der Waals surface area contributed by atoms with Crippen LogP contribution < -0.4 is 10.5 Å². The zero-order valence-corrected chi connectivity index (χ0v) is 12.9. The Balaban J connectivity index is 2.35. The topological polar surface area (TPSA) is 72.2 Å². The average Bonchev–Trinajstić information content (AvgIpc) is 2.30. The SMILES string of the molecule is CC(C)=CCNS(=O)(=O)CCSc1ccc(N)cc1. The predicted octanol–water partition coefficient (Wildman–Crippen LogP) is 2.25. The van der Waals surface area contributed by atoms with E-state index in [9.17, 15) is 8.42 Å². The van der Waals surface area contributed by atoms with Gasteiger partial charge in [-0.25, -0.2) is 13.1 Å². The van der Waals surface area contributed by atoms with E-state index in [4.69, 9.17) is 5.73 Å². The van der Waals surface area contributed by atoms with Gasteiger partial charge in [-0.05, 0) is 38.1 Å². The fourth-order valence-corrected chi connectivity index (χ4v) is 3.54. The van der Waals surface area contributed by atoms with Crippen molar-refractivity contribution in [2.75, 3.05) is 23.8 Å². The summed E-state index contributed by atoms with van der Waals surface area (Å²) in [4.78, 5) is 1.02. The summed E-state index contributed by atoms with van der Waals surface area (Å²) in [5.41, 5.74) is 7.39. The van der Waals surface area contributed by atoms with Crippen LogP contribution in [-0.4, -0.2) is 26.5 Å². The number of nitrogen functional groups attached to an aromatic ring is 1. The molecule has 6 heteroatoms. The van der Waals surface area contributed by atoms with Crippen molar-refractivity contribution >= 4 is 27.5 Å². The number of thioether (sulfide) groups is 1. The number of rotatable bonds is 7. The van der Waals surface area contributed by atoms with Crippen LogP contribution >= 0.6 is 11.8 Å². The summed E-state index contributed by atoms with van der Waals surface area (Å²) >= 11 is 1.51. The molecule has 4 nitrogen and oxygen atoms in total. The zero-order chi connectivity index (χ0) is 14.3. The molecule has 0 bridgehead atoms. The van der Waals surface area contributed by atoms with E-state index in [0.717, 1.165) is 10.5 Å². The van der Waals surface area contributed by atoms with Crippen LogP contribution in [0, 0.1) is 0 Å². The lowest BCUT2D eigenvalue weighted by Crippen LogP contribution is -2.27.